The number of amides is 1. The highest BCUT2D eigenvalue weighted by molar-refractivity contribution is 5.81. The highest BCUT2D eigenvalue weighted by Gasteiger charge is 2.19. The molecular formula is C20H24FNO4. The number of hydrogen-bond acceptors (Lipinski definition) is 4. The van der Waals surface area contributed by atoms with E-state index in [1.807, 2.05) is 25.1 Å². The van der Waals surface area contributed by atoms with Gasteiger partial charge in [-0.15, -0.1) is 0 Å². The van der Waals surface area contributed by atoms with Gasteiger partial charge in [0, 0.05) is 6.54 Å². The minimum absolute atomic E-state index is 0.0781. The lowest BCUT2D eigenvalue weighted by Gasteiger charge is -2.17. The van der Waals surface area contributed by atoms with Crippen molar-refractivity contribution in [3.05, 3.63) is 53.8 Å². The molecule has 5 nitrogen and oxygen atoms in total. The monoisotopic (exact) mass is 361 g/mol. The summed E-state index contributed by atoms with van der Waals surface area (Å²) in [6.45, 7) is 2.25. The number of ether oxygens (including phenoxy) is 3. The van der Waals surface area contributed by atoms with Gasteiger partial charge in [-0.2, -0.15) is 0 Å². The number of carbonyl (C=O) groups is 1. The molecular weight excluding hydrogens is 337 g/mol. The molecule has 1 amide bonds. The van der Waals surface area contributed by atoms with Crippen LogP contribution in [0.1, 0.15) is 18.9 Å². The molecule has 140 valence electrons. The number of hydrogen-bond donors (Lipinski definition) is 1. The zero-order valence-corrected chi connectivity index (χ0v) is 15.3. The van der Waals surface area contributed by atoms with Crippen LogP contribution in [0, 0.1) is 5.82 Å². The zero-order chi connectivity index (χ0) is 18.9. The molecule has 2 rings (SSSR count). The number of benzene rings is 2. The molecule has 0 saturated heterocycles. The molecule has 0 heterocycles. The molecule has 0 radical (unpaired) electrons. The smallest absolute Gasteiger partial charge is 0.261 e. The van der Waals surface area contributed by atoms with Gasteiger partial charge in [-0.1, -0.05) is 25.1 Å². The van der Waals surface area contributed by atoms with Gasteiger partial charge in [0.05, 0.1) is 14.2 Å². The summed E-state index contributed by atoms with van der Waals surface area (Å²) in [5.41, 5.74) is 1.01. The molecule has 0 aliphatic rings. The van der Waals surface area contributed by atoms with Gasteiger partial charge in [-0.05, 0) is 42.7 Å². The second-order valence-electron chi connectivity index (χ2n) is 5.68. The second-order valence-corrected chi connectivity index (χ2v) is 5.68. The Morgan fingerprint density at radius 2 is 1.81 bits per heavy atom. The van der Waals surface area contributed by atoms with E-state index in [0.29, 0.717) is 30.9 Å². The average molecular weight is 361 g/mol. The fourth-order valence-corrected chi connectivity index (χ4v) is 2.50. The molecule has 0 unspecified atom stereocenters. The number of para-hydroxylation sites is 1. The number of carbonyl (C=O) groups excluding carboxylic acids is 1. The number of nitrogens with one attached hydrogen (secondary N) is 1. The minimum Gasteiger partial charge on any atom is -0.493 e. The number of rotatable bonds is 9. The van der Waals surface area contributed by atoms with Crippen LogP contribution in [0.3, 0.4) is 0 Å². The normalized spacial score (nSPS) is 11.5. The van der Waals surface area contributed by atoms with Gasteiger partial charge in [0.15, 0.2) is 29.2 Å². The van der Waals surface area contributed by atoms with E-state index in [1.165, 1.54) is 12.1 Å². The quantitative estimate of drug-likeness (QED) is 0.744. The van der Waals surface area contributed by atoms with E-state index in [-0.39, 0.29) is 11.7 Å². The van der Waals surface area contributed by atoms with Crippen LogP contribution in [0.15, 0.2) is 42.5 Å². The fraction of sp³-hybridized carbons (Fsp3) is 0.350. The molecule has 0 aliphatic heterocycles. The Kier molecular flexibility index (Phi) is 7.26. The Hall–Kier alpha value is -2.76. The summed E-state index contributed by atoms with van der Waals surface area (Å²) >= 11 is 0. The van der Waals surface area contributed by atoms with Gasteiger partial charge in [0.1, 0.15) is 0 Å². The molecule has 0 aromatic heterocycles. The van der Waals surface area contributed by atoms with Crippen molar-refractivity contribution >= 4 is 5.91 Å². The Labute approximate surface area is 153 Å². The van der Waals surface area contributed by atoms with Crippen LogP contribution in [0.25, 0.3) is 0 Å². The van der Waals surface area contributed by atoms with Gasteiger partial charge < -0.3 is 19.5 Å². The lowest BCUT2D eigenvalue weighted by atomic mass is 10.1. The molecule has 0 saturated carbocycles. The third-order valence-electron chi connectivity index (χ3n) is 3.93. The third-order valence-corrected chi connectivity index (χ3v) is 3.93. The van der Waals surface area contributed by atoms with Crippen molar-refractivity contribution in [1.82, 2.24) is 5.32 Å². The van der Waals surface area contributed by atoms with Crippen molar-refractivity contribution in [2.75, 3.05) is 20.8 Å². The summed E-state index contributed by atoms with van der Waals surface area (Å²) in [4.78, 5) is 12.3. The Morgan fingerprint density at radius 3 is 2.46 bits per heavy atom. The van der Waals surface area contributed by atoms with E-state index in [4.69, 9.17) is 14.2 Å². The highest BCUT2D eigenvalue weighted by Crippen LogP contribution is 2.27. The molecule has 2 aromatic rings. The summed E-state index contributed by atoms with van der Waals surface area (Å²) in [6, 6.07) is 11.7. The summed E-state index contributed by atoms with van der Waals surface area (Å²) < 4.78 is 29.7. The van der Waals surface area contributed by atoms with Crippen LogP contribution in [0.2, 0.25) is 0 Å². The number of halogens is 1. The Bertz CT molecular complexity index is 736. The second kappa shape index (κ2) is 9.65. The van der Waals surface area contributed by atoms with Gasteiger partial charge >= 0.3 is 0 Å². The Morgan fingerprint density at radius 1 is 1.08 bits per heavy atom. The largest absolute Gasteiger partial charge is 0.493 e. The zero-order valence-electron chi connectivity index (χ0n) is 15.3. The lowest BCUT2D eigenvalue weighted by Crippen LogP contribution is -2.39. The molecule has 0 fully saturated rings. The molecule has 1 N–H and O–H groups in total. The molecule has 0 spiro atoms. The van der Waals surface area contributed by atoms with Crippen LogP contribution in [0.4, 0.5) is 4.39 Å². The van der Waals surface area contributed by atoms with Crippen LogP contribution in [-0.2, 0) is 11.2 Å². The van der Waals surface area contributed by atoms with Crippen molar-refractivity contribution in [3.8, 4) is 17.2 Å². The first-order chi connectivity index (χ1) is 12.6. The average Bonchev–Trinajstić information content (AvgIpc) is 2.67. The topological polar surface area (TPSA) is 56.8 Å². The summed E-state index contributed by atoms with van der Waals surface area (Å²) in [5.74, 6) is 0.630. The van der Waals surface area contributed by atoms with Crippen molar-refractivity contribution in [2.24, 2.45) is 0 Å². The summed E-state index contributed by atoms with van der Waals surface area (Å²) in [6.07, 6.45) is 0.330. The van der Waals surface area contributed by atoms with Crippen LogP contribution >= 0.6 is 0 Å². The molecule has 1 atom stereocenters. The summed E-state index contributed by atoms with van der Waals surface area (Å²) in [5, 5.41) is 2.83. The molecule has 6 heteroatoms. The third kappa shape index (κ3) is 5.12. The van der Waals surface area contributed by atoms with Gasteiger partial charge in [0.2, 0.25) is 0 Å². The van der Waals surface area contributed by atoms with Crippen molar-refractivity contribution in [3.63, 3.8) is 0 Å². The first-order valence-corrected chi connectivity index (χ1v) is 8.48. The molecule has 2 aromatic carbocycles. The standard InChI is InChI=1S/C20H24FNO4/c1-4-16(26-17-8-6-5-7-15(17)21)20(23)22-12-11-14-9-10-18(24-2)19(13-14)25-3/h5-10,13,16H,4,11-12H2,1-3H3,(H,22,23)/t16-/m0/s1. The van der Waals surface area contributed by atoms with Crippen molar-refractivity contribution < 1.29 is 23.4 Å². The fourth-order valence-electron chi connectivity index (χ4n) is 2.50. The number of methoxy groups -OCH3 is 2. The van der Waals surface area contributed by atoms with Crippen LogP contribution in [0.5, 0.6) is 17.2 Å². The summed E-state index contributed by atoms with van der Waals surface area (Å²) in [7, 11) is 3.16. The lowest BCUT2D eigenvalue weighted by molar-refractivity contribution is -0.128. The molecule has 26 heavy (non-hydrogen) atoms. The maximum absolute atomic E-state index is 13.7. The van der Waals surface area contributed by atoms with E-state index < -0.39 is 11.9 Å². The van der Waals surface area contributed by atoms with E-state index >= 15 is 0 Å². The maximum Gasteiger partial charge on any atom is 0.261 e. The molecule has 0 bridgehead atoms. The first kappa shape index (κ1) is 19.6. The van der Waals surface area contributed by atoms with Crippen molar-refractivity contribution in [2.45, 2.75) is 25.9 Å². The van der Waals surface area contributed by atoms with E-state index in [9.17, 15) is 9.18 Å². The predicted octanol–water partition coefficient (Wildman–Crippen LogP) is 3.36. The van der Waals surface area contributed by atoms with Crippen LogP contribution < -0.4 is 19.5 Å². The molecule has 0 aliphatic carbocycles. The maximum atomic E-state index is 13.7. The SMILES string of the molecule is CC[C@H](Oc1ccccc1F)C(=O)NCCc1ccc(OC)c(OC)c1. The van der Waals surface area contributed by atoms with Crippen molar-refractivity contribution in [1.29, 1.82) is 0 Å². The van der Waals surface area contributed by atoms with E-state index in [2.05, 4.69) is 5.32 Å². The van der Waals surface area contributed by atoms with E-state index in [0.717, 1.165) is 5.56 Å². The highest BCUT2D eigenvalue weighted by atomic mass is 19.1. The van der Waals surface area contributed by atoms with Crippen LogP contribution in [-0.4, -0.2) is 32.8 Å². The minimum atomic E-state index is -0.739. The Balaban J connectivity index is 1.90. The van der Waals surface area contributed by atoms with Gasteiger partial charge in [-0.25, -0.2) is 4.39 Å². The first-order valence-electron chi connectivity index (χ1n) is 8.48. The van der Waals surface area contributed by atoms with Gasteiger partial charge in [-0.3, -0.25) is 4.79 Å². The van der Waals surface area contributed by atoms with Gasteiger partial charge in [0.25, 0.3) is 5.91 Å². The van der Waals surface area contributed by atoms with E-state index in [1.54, 1.807) is 26.4 Å². The predicted molar refractivity (Wildman–Crippen MR) is 97.4 cm³/mol.